The number of carbonyl (C=O) groups excluding carboxylic acids is 3. The van der Waals surface area contributed by atoms with Crippen LogP contribution in [0.25, 0.3) is 6.08 Å². The molecule has 2 fully saturated rings. The lowest BCUT2D eigenvalue weighted by Crippen LogP contribution is -2.46. The van der Waals surface area contributed by atoms with E-state index >= 15 is 0 Å². The third-order valence-corrected chi connectivity index (χ3v) is 7.41. The molecule has 184 valence electrons. The van der Waals surface area contributed by atoms with Gasteiger partial charge in [0.2, 0.25) is 17.7 Å². The van der Waals surface area contributed by atoms with Crippen molar-refractivity contribution in [2.75, 3.05) is 10.2 Å². The highest BCUT2D eigenvalue weighted by Crippen LogP contribution is 2.53. The number of nitrogens with one attached hydrogen (secondary N) is 1. The quantitative estimate of drug-likeness (QED) is 0.313. The van der Waals surface area contributed by atoms with E-state index in [2.05, 4.69) is 5.32 Å². The molecule has 0 bridgehead atoms. The molecule has 6 rings (SSSR count). The zero-order chi connectivity index (χ0) is 25.8. The number of nitro benzene ring substituents is 1. The molecule has 37 heavy (non-hydrogen) atoms. The summed E-state index contributed by atoms with van der Waals surface area (Å²) in [6, 6.07) is 18.0. The fraction of sp³-hybridized carbons (Fsp3) is 0.148. The molecule has 3 aliphatic rings. The van der Waals surface area contributed by atoms with E-state index < -0.39 is 46.6 Å². The number of carbonyl (C=O) groups is 3. The molecule has 3 amide bonds. The summed E-state index contributed by atoms with van der Waals surface area (Å²) >= 11 is 5.97. The van der Waals surface area contributed by atoms with E-state index in [4.69, 9.17) is 11.6 Å². The van der Waals surface area contributed by atoms with Crippen LogP contribution in [0.5, 0.6) is 0 Å². The number of non-ortho nitro benzene ring substituents is 1. The Kier molecular flexibility index (Phi) is 5.31. The Balaban J connectivity index is 1.42. The Bertz CT molecular complexity index is 1490. The Hall–Kier alpha value is -4.50. The van der Waals surface area contributed by atoms with E-state index in [0.29, 0.717) is 10.7 Å². The van der Waals surface area contributed by atoms with Gasteiger partial charge in [0.05, 0.1) is 28.5 Å². The molecule has 2 saturated heterocycles. The Morgan fingerprint density at radius 2 is 1.59 bits per heavy atom. The van der Waals surface area contributed by atoms with Crippen molar-refractivity contribution in [3.8, 4) is 0 Å². The Morgan fingerprint density at radius 3 is 2.30 bits per heavy atom. The van der Waals surface area contributed by atoms with Crippen molar-refractivity contribution in [2.24, 2.45) is 11.8 Å². The van der Waals surface area contributed by atoms with Gasteiger partial charge in [-0.05, 0) is 53.6 Å². The van der Waals surface area contributed by atoms with Gasteiger partial charge >= 0.3 is 0 Å². The molecular formula is C27H19ClN4O5. The maximum absolute atomic E-state index is 13.8. The average Bonchev–Trinajstić information content (AvgIpc) is 3.38. The minimum Gasteiger partial charge on any atom is -0.357 e. The lowest BCUT2D eigenvalue weighted by atomic mass is 9.84. The highest BCUT2D eigenvalue weighted by molar-refractivity contribution is 6.30. The molecular weight excluding hydrogens is 496 g/mol. The summed E-state index contributed by atoms with van der Waals surface area (Å²) in [4.78, 5) is 54.7. The van der Waals surface area contributed by atoms with Crippen LogP contribution in [0.4, 0.5) is 17.1 Å². The van der Waals surface area contributed by atoms with Crippen LogP contribution in [0.15, 0.2) is 79.0 Å². The number of fused-ring (bicyclic) bond motifs is 5. The van der Waals surface area contributed by atoms with E-state index in [1.54, 1.807) is 35.4 Å². The number of rotatable bonds is 4. The third kappa shape index (κ3) is 3.58. The highest BCUT2D eigenvalue weighted by Gasteiger charge is 2.64. The molecule has 3 aromatic rings. The second-order valence-electron chi connectivity index (χ2n) is 9.11. The summed E-state index contributed by atoms with van der Waals surface area (Å²) in [6.45, 7) is 0. The molecule has 0 aliphatic carbocycles. The zero-order valence-electron chi connectivity index (χ0n) is 19.2. The number of benzene rings is 3. The van der Waals surface area contributed by atoms with Crippen LogP contribution >= 0.6 is 11.6 Å². The van der Waals surface area contributed by atoms with Crippen LogP contribution in [0.3, 0.4) is 0 Å². The molecule has 4 atom stereocenters. The van der Waals surface area contributed by atoms with Crippen molar-refractivity contribution < 1.29 is 19.3 Å². The van der Waals surface area contributed by atoms with Gasteiger partial charge in [-0.15, -0.1) is 0 Å². The zero-order valence-corrected chi connectivity index (χ0v) is 19.9. The smallest absolute Gasteiger partial charge is 0.269 e. The summed E-state index contributed by atoms with van der Waals surface area (Å²) in [5.41, 5.74) is 2.36. The number of halogens is 1. The van der Waals surface area contributed by atoms with E-state index in [9.17, 15) is 24.5 Å². The number of nitro groups is 1. The second kappa shape index (κ2) is 8.56. The number of nitrogens with zero attached hydrogens (tertiary/aromatic N) is 3. The van der Waals surface area contributed by atoms with Crippen LogP contribution in [0.2, 0.25) is 5.02 Å². The second-order valence-corrected chi connectivity index (χ2v) is 9.55. The van der Waals surface area contributed by atoms with E-state index in [-0.39, 0.29) is 11.4 Å². The lowest BCUT2D eigenvalue weighted by Gasteiger charge is -2.35. The molecule has 1 N–H and O–H groups in total. The first-order chi connectivity index (χ1) is 17.8. The monoisotopic (exact) mass is 514 g/mol. The topological polar surface area (TPSA) is 113 Å². The van der Waals surface area contributed by atoms with Crippen molar-refractivity contribution in [3.05, 3.63) is 105 Å². The first kappa shape index (κ1) is 22.9. The van der Waals surface area contributed by atoms with Crippen LogP contribution < -0.4 is 10.2 Å². The summed E-state index contributed by atoms with van der Waals surface area (Å²) in [5.74, 6) is -3.13. The number of hydrogen-bond donors (Lipinski definition) is 1. The summed E-state index contributed by atoms with van der Waals surface area (Å²) in [7, 11) is 0. The SMILES string of the molecule is O=C(Nc1ccc(Cl)cc1)[C@@H]1[C@@H]2C(=O)N(c3ccc([N+](=O)[O-])cc3)C(=O)[C@H]2[C@@H]2c3ccccc3C=CN12. The molecule has 9 nitrogen and oxygen atoms in total. The average molecular weight is 515 g/mol. The molecule has 10 heteroatoms. The number of amides is 3. The van der Waals surface area contributed by atoms with Gasteiger partial charge in [0.25, 0.3) is 5.69 Å². The van der Waals surface area contributed by atoms with Crippen molar-refractivity contribution >= 4 is 52.5 Å². The van der Waals surface area contributed by atoms with Gasteiger partial charge < -0.3 is 10.2 Å². The van der Waals surface area contributed by atoms with Gasteiger partial charge in [0.15, 0.2) is 0 Å². The van der Waals surface area contributed by atoms with Gasteiger partial charge in [0.1, 0.15) is 6.04 Å². The normalized spacial score (nSPS) is 23.5. The Morgan fingerprint density at radius 1 is 0.919 bits per heavy atom. The molecule has 0 unspecified atom stereocenters. The fourth-order valence-corrected chi connectivity index (χ4v) is 5.71. The molecule has 3 aromatic carbocycles. The van der Waals surface area contributed by atoms with E-state index in [0.717, 1.165) is 16.0 Å². The maximum atomic E-state index is 13.8. The predicted molar refractivity (Wildman–Crippen MR) is 136 cm³/mol. The predicted octanol–water partition coefficient (Wildman–Crippen LogP) is 4.40. The number of anilines is 2. The standard InChI is InChI=1S/C27H19ClN4O5/c28-16-5-7-17(8-6-16)29-25(33)24-22-21(23-20-4-2-1-3-15(20)13-14-30(23)24)26(34)31(27(22)35)18-9-11-19(12-10-18)32(36)37/h1-14,21-24H,(H,29,33)/t21-,22-,23+,24+/m1/s1. The van der Waals surface area contributed by atoms with Crippen LogP contribution in [-0.2, 0) is 14.4 Å². The van der Waals surface area contributed by atoms with Crippen LogP contribution in [-0.4, -0.2) is 33.6 Å². The van der Waals surface area contributed by atoms with Crippen molar-refractivity contribution in [3.63, 3.8) is 0 Å². The minimum absolute atomic E-state index is 0.152. The van der Waals surface area contributed by atoms with Gasteiger partial charge in [-0.1, -0.05) is 35.9 Å². The number of imide groups is 1. The number of hydrogen-bond acceptors (Lipinski definition) is 6. The largest absolute Gasteiger partial charge is 0.357 e. The summed E-state index contributed by atoms with van der Waals surface area (Å²) in [6.07, 6.45) is 3.65. The Labute approximate surface area is 216 Å². The van der Waals surface area contributed by atoms with Crippen LogP contribution in [0.1, 0.15) is 17.2 Å². The van der Waals surface area contributed by atoms with Crippen LogP contribution in [0, 0.1) is 22.0 Å². The molecule has 0 saturated carbocycles. The summed E-state index contributed by atoms with van der Waals surface area (Å²) < 4.78 is 0. The summed E-state index contributed by atoms with van der Waals surface area (Å²) in [5, 5.41) is 14.5. The minimum atomic E-state index is -0.949. The van der Waals surface area contributed by atoms with Crippen molar-refractivity contribution in [1.29, 1.82) is 0 Å². The highest BCUT2D eigenvalue weighted by atomic mass is 35.5. The van der Waals surface area contributed by atoms with Gasteiger partial charge in [0, 0.05) is 29.0 Å². The van der Waals surface area contributed by atoms with Crippen molar-refractivity contribution in [1.82, 2.24) is 4.90 Å². The maximum Gasteiger partial charge on any atom is 0.269 e. The molecule has 0 spiro atoms. The van der Waals surface area contributed by atoms with E-state index in [1.165, 1.54) is 24.3 Å². The molecule has 3 aliphatic heterocycles. The van der Waals surface area contributed by atoms with Gasteiger partial charge in [-0.25, -0.2) is 4.90 Å². The lowest BCUT2D eigenvalue weighted by molar-refractivity contribution is -0.384. The first-order valence-electron chi connectivity index (χ1n) is 11.6. The fourth-order valence-electron chi connectivity index (χ4n) is 5.58. The van der Waals surface area contributed by atoms with Gasteiger partial charge in [-0.3, -0.25) is 24.5 Å². The molecule has 0 radical (unpaired) electrons. The van der Waals surface area contributed by atoms with Gasteiger partial charge in [-0.2, -0.15) is 0 Å². The third-order valence-electron chi connectivity index (χ3n) is 7.16. The van der Waals surface area contributed by atoms with E-state index in [1.807, 2.05) is 30.3 Å². The molecule has 0 aromatic heterocycles. The van der Waals surface area contributed by atoms with Crippen molar-refractivity contribution in [2.45, 2.75) is 12.1 Å². The first-order valence-corrected chi connectivity index (χ1v) is 12.0. The molecule has 3 heterocycles.